The number of aromatic nitrogens is 1. The number of hydrogen-bond donors (Lipinski definition) is 2. The van der Waals surface area contributed by atoms with Crippen molar-refractivity contribution in [1.29, 1.82) is 0 Å². The molecule has 1 amide bonds. The van der Waals surface area contributed by atoms with Crippen LogP contribution in [0.1, 0.15) is 18.5 Å². The van der Waals surface area contributed by atoms with E-state index in [2.05, 4.69) is 10.3 Å². The number of rotatable bonds is 3. The molecule has 98 valence electrons. The maximum absolute atomic E-state index is 12.4. The van der Waals surface area contributed by atoms with E-state index >= 15 is 0 Å². The zero-order valence-corrected chi connectivity index (χ0v) is 11.7. The molecule has 2 heterocycles. The summed E-state index contributed by atoms with van der Waals surface area (Å²) in [7, 11) is 0. The molecule has 1 aromatic rings. The average Bonchev–Trinajstić information content (AvgIpc) is 2.75. The van der Waals surface area contributed by atoms with Gasteiger partial charge in [-0.25, -0.2) is 4.98 Å². The maximum Gasteiger partial charge on any atom is 0.239 e. The van der Waals surface area contributed by atoms with Crippen LogP contribution in [0.15, 0.2) is 5.38 Å². The molecule has 0 aliphatic carbocycles. The molecular weight excluding hydrogens is 270 g/mol. The molecule has 1 aromatic heterocycles. The summed E-state index contributed by atoms with van der Waals surface area (Å²) in [5.74, 6) is -0.173. The summed E-state index contributed by atoms with van der Waals surface area (Å²) in [5, 5.41) is 5.27. The number of carbonyl (C=O) groups is 1. The molecule has 1 aliphatic heterocycles. The fraction of sp³-hybridized carbons (Fsp3) is 0.545. The summed E-state index contributed by atoms with van der Waals surface area (Å²) in [6, 6.07) is 0. The van der Waals surface area contributed by atoms with Crippen LogP contribution in [0, 0.1) is 12.3 Å². The predicted octanol–water partition coefficient (Wildman–Crippen LogP) is 1.47. The van der Waals surface area contributed by atoms with Gasteiger partial charge in [-0.1, -0.05) is 12.2 Å². The third-order valence-electron chi connectivity index (χ3n) is 3.09. The van der Waals surface area contributed by atoms with E-state index in [0.717, 1.165) is 5.69 Å². The fourth-order valence-corrected chi connectivity index (χ4v) is 2.91. The van der Waals surface area contributed by atoms with Crippen molar-refractivity contribution >= 4 is 39.6 Å². The Morgan fingerprint density at radius 2 is 2.28 bits per heavy atom. The minimum atomic E-state index is -0.798. The van der Waals surface area contributed by atoms with Crippen molar-refractivity contribution < 1.29 is 9.53 Å². The Morgan fingerprint density at radius 3 is 2.78 bits per heavy atom. The first-order valence-electron chi connectivity index (χ1n) is 5.66. The van der Waals surface area contributed by atoms with Gasteiger partial charge in [-0.15, -0.1) is 11.3 Å². The molecule has 0 saturated carbocycles. The lowest BCUT2D eigenvalue weighted by molar-refractivity contribution is -0.126. The van der Waals surface area contributed by atoms with E-state index in [1.54, 1.807) is 0 Å². The molecule has 3 N–H and O–H groups in total. The number of thiocarbonyl (C=S) groups is 1. The van der Waals surface area contributed by atoms with Gasteiger partial charge in [0.25, 0.3) is 0 Å². The van der Waals surface area contributed by atoms with Crippen molar-refractivity contribution in [2.45, 2.75) is 19.8 Å². The topological polar surface area (TPSA) is 77.2 Å². The quantitative estimate of drug-likeness (QED) is 0.822. The monoisotopic (exact) mass is 285 g/mol. The van der Waals surface area contributed by atoms with E-state index in [4.69, 9.17) is 22.7 Å². The molecule has 0 radical (unpaired) electrons. The summed E-state index contributed by atoms with van der Waals surface area (Å²) in [5.41, 5.74) is 5.84. The molecular formula is C11H15N3O2S2. The summed E-state index contributed by atoms with van der Waals surface area (Å²) in [6.07, 6.45) is 1.05. The number of ether oxygens (including phenoxy) is 1. The molecule has 2 rings (SSSR count). The Balaban J connectivity index is 2.16. The van der Waals surface area contributed by atoms with Crippen LogP contribution < -0.4 is 11.1 Å². The van der Waals surface area contributed by atoms with Crippen molar-refractivity contribution in [2.24, 2.45) is 11.1 Å². The summed E-state index contributed by atoms with van der Waals surface area (Å²) in [6.45, 7) is 2.88. The molecule has 0 atom stereocenters. The highest BCUT2D eigenvalue weighted by Gasteiger charge is 2.43. The maximum atomic E-state index is 12.4. The lowest BCUT2D eigenvalue weighted by Crippen LogP contribution is -2.49. The van der Waals surface area contributed by atoms with E-state index in [-0.39, 0.29) is 10.9 Å². The predicted molar refractivity (Wildman–Crippen MR) is 74.8 cm³/mol. The van der Waals surface area contributed by atoms with Gasteiger partial charge < -0.3 is 15.8 Å². The third-order valence-corrected chi connectivity index (χ3v) is 4.36. The number of anilines is 1. The summed E-state index contributed by atoms with van der Waals surface area (Å²) >= 11 is 6.46. The molecule has 0 aromatic carbocycles. The van der Waals surface area contributed by atoms with Crippen molar-refractivity contribution in [3.8, 4) is 0 Å². The van der Waals surface area contributed by atoms with Crippen LogP contribution in [0.25, 0.3) is 0 Å². The standard InChI is InChI=1S/C11H15N3O2S2/c1-7-6-18-10(13-7)14-9(15)11(8(12)17)2-4-16-5-3-11/h6H,2-5H2,1H3,(H2,12,17)(H,13,14,15). The van der Waals surface area contributed by atoms with Gasteiger partial charge in [0.2, 0.25) is 5.91 Å². The molecule has 7 heteroatoms. The summed E-state index contributed by atoms with van der Waals surface area (Å²) in [4.78, 5) is 16.8. The van der Waals surface area contributed by atoms with Gasteiger partial charge in [-0.05, 0) is 19.8 Å². The largest absolute Gasteiger partial charge is 0.392 e. The first-order chi connectivity index (χ1) is 8.54. The van der Waals surface area contributed by atoms with Gasteiger partial charge in [0.1, 0.15) is 5.41 Å². The van der Waals surface area contributed by atoms with Crippen LogP contribution in [-0.2, 0) is 9.53 Å². The smallest absolute Gasteiger partial charge is 0.239 e. The number of amides is 1. The van der Waals surface area contributed by atoms with Gasteiger partial charge >= 0.3 is 0 Å². The minimum absolute atomic E-state index is 0.173. The van der Waals surface area contributed by atoms with Gasteiger partial charge in [-0.3, -0.25) is 4.79 Å². The van der Waals surface area contributed by atoms with E-state index in [0.29, 0.717) is 31.2 Å². The molecule has 1 saturated heterocycles. The lowest BCUT2D eigenvalue weighted by Gasteiger charge is -2.34. The van der Waals surface area contributed by atoms with Crippen LogP contribution in [0.4, 0.5) is 5.13 Å². The second kappa shape index (κ2) is 5.29. The Kier molecular flexibility index (Phi) is 3.94. The molecule has 5 nitrogen and oxygen atoms in total. The van der Waals surface area contributed by atoms with E-state index in [9.17, 15) is 4.79 Å². The van der Waals surface area contributed by atoms with Crippen LogP contribution >= 0.6 is 23.6 Å². The number of aryl methyl sites for hydroxylation is 1. The second-order valence-corrected chi connectivity index (χ2v) is 5.60. The van der Waals surface area contributed by atoms with Gasteiger partial charge in [0.15, 0.2) is 5.13 Å². The van der Waals surface area contributed by atoms with Crippen molar-refractivity contribution in [1.82, 2.24) is 4.98 Å². The summed E-state index contributed by atoms with van der Waals surface area (Å²) < 4.78 is 5.27. The highest BCUT2D eigenvalue weighted by molar-refractivity contribution is 7.80. The number of nitrogens with two attached hydrogens (primary N) is 1. The number of nitrogens with one attached hydrogen (secondary N) is 1. The highest BCUT2D eigenvalue weighted by Crippen LogP contribution is 2.33. The molecule has 0 unspecified atom stereocenters. The number of thiazole rings is 1. The number of nitrogens with zero attached hydrogens (tertiary/aromatic N) is 1. The van der Waals surface area contributed by atoms with E-state index in [1.807, 2.05) is 12.3 Å². The van der Waals surface area contributed by atoms with E-state index < -0.39 is 5.41 Å². The number of hydrogen-bond acceptors (Lipinski definition) is 5. The molecule has 0 bridgehead atoms. The zero-order chi connectivity index (χ0) is 13.2. The van der Waals surface area contributed by atoms with Crippen LogP contribution in [0.5, 0.6) is 0 Å². The van der Waals surface area contributed by atoms with Gasteiger partial charge in [0.05, 0.1) is 10.7 Å². The van der Waals surface area contributed by atoms with Gasteiger partial charge in [0, 0.05) is 18.6 Å². The molecule has 1 aliphatic rings. The SMILES string of the molecule is Cc1csc(NC(=O)C2(C(N)=S)CCOCC2)n1. The van der Waals surface area contributed by atoms with Gasteiger partial charge in [-0.2, -0.15) is 0 Å². The fourth-order valence-electron chi connectivity index (χ4n) is 1.93. The van der Waals surface area contributed by atoms with E-state index in [1.165, 1.54) is 11.3 Å². The molecule has 0 spiro atoms. The van der Waals surface area contributed by atoms with Crippen molar-refractivity contribution in [3.63, 3.8) is 0 Å². The van der Waals surface area contributed by atoms with Crippen LogP contribution in [0.3, 0.4) is 0 Å². The Labute approximate surface area is 115 Å². The Morgan fingerprint density at radius 1 is 1.61 bits per heavy atom. The highest BCUT2D eigenvalue weighted by atomic mass is 32.1. The molecule has 1 fully saturated rings. The second-order valence-electron chi connectivity index (χ2n) is 4.31. The Hall–Kier alpha value is -1.05. The average molecular weight is 285 g/mol. The van der Waals surface area contributed by atoms with Crippen molar-refractivity contribution in [2.75, 3.05) is 18.5 Å². The van der Waals surface area contributed by atoms with Crippen LogP contribution in [-0.4, -0.2) is 29.1 Å². The third kappa shape index (κ3) is 2.52. The van der Waals surface area contributed by atoms with Crippen molar-refractivity contribution in [3.05, 3.63) is 11.1 Å². The number of carbonyl (C=O) groups excluding carboxylic acids is 1. The molecule has 18 heavy (non-hydrogen) atoms. The normalized spacial score (nSPS) is 18.3. The zero-order valence-electron chi connectivity index (χ0n) is 10.1. The first-order valence-corrected chi connectivity index (χ1v) is 6.94. The minimum Gasteiger partial charge on any atom is -0.392 e. The lowest BCUT2D eigenvalue weighted by atomic mass is 9.79. The van der Waals surface area contributed by atoms with Crippen LogP contribution in [0.2, 0.25) is 0 Å². The Bertz CT molecular complexity index is 467. The first kappa shape index (κ1) is 13.4.